The van der Waals surface area contributed by atoms with Crippen molar-refractivity contribution in [3.8, 4) is 28.7 Å². The van der Waals surface area contributed by atoms with Crippen molar-refractivity contribution in [2.24, 2.45) is 0 Å². The molecule has 0 radical (unpaired) electrons. The first-order valence-electron chi connectivity index (χ1n) is 15.6. The normalized spacial score (nSPS) is 16.5. The molecule has 0 aliphatic carbocycles. The molecule has 5 rings (SSSR count). The lowest BCUT2D eigenvalue weighted by molar-refractivity contribution is -0.0598. The van der Waals surface area contributed by atoms with Gasteiger partial charge in [0.2, 0.25) is 5.82 Å². The zero-order chi connectivity index (χ0) is 36.5. The van der Waals surface area contributed by atoms with Crippen molar-refractivity contribution in [3.63, 3.8) is 0 Å². The zero-order valence-corrected chi connectivity index (χ0v) is 27.6. The molecule has 1 fully saturated rings. The van der Waals surface area contributed by atoms with E-state index in [4.69, 9.17) is 37.9 Å². The number of nitrogens with zero attached hydrogens (tertiary/aromatic N) is 2. The van der Waals surface area contributed by atoms with E-state index in [1.807, 2.05) is 6.92 Å². The van der Waals surface area contributed by atoms with E-state index in [9.17, 15) is 24.0 Å². The third-order valence-corrected chi connectivity index (χ3v) is 7.48. The van der Waals surface area contributed by atoms with Gasteiger partial charge in [0.05, 0.1) is 32.6 Å². The Bertz CT molecular complexity index is 1980. The van der Waals surface area contributed by atoms with Gasteiger partial charge in [0, 0.05) is 6.42 Å². The molecule has 16 heteroatoms. The smallest absolute Gasteiger partial charge is 0.497 e. The second-order valence-electron chi connectivity index (χ2n) is 10.8. The van der Waals surface area contributed by atoms with Gasteiger partial charge < -0.3 is 37.9 Å². The molecule has 3 atom stereocenters. The van der Waals surface area contributed by atoms with Crippen LogP contribution in [0, 0.1) is 5.82 Å². The van der Waals surface area contributed by atoms with Crippen LogP contribution in [0.3, 0.4) is 0 Å². The molecule has 2 heterocycles. The summed E-state index contributed by atoms with van der Waals surface area (Å²) in [7, 11) is 2.94. The molecule has 1 aliphatic heterocycles. The first-order chi connectivity index (χ1) is 24.6. The van der Waals surface area contributed by atoms with Gasteiger partial charge >= 0.3 is 18.0 Å². The first kappa shape index (κ1) is 36.1. The lowest BCUT2D eigenvalue weighted by atomic mass is 10.2. The summed E-state index contributed by atoms with van der Waals surface area (Å²) < 4.78 is 58.7. The van der Waals surface area contributed by atoms with Crippen LogP contribution in [0.15, 0.2) is 88.6 Å². The maximum absolute atomic E-state index is 15.1. The number of hydrogen-bond acceptors (Lipinski definition) is 13. The number of halogens is 1. The largest absolute Gasteiger partial charge is 0.514 e. The number of para-hydroxylation sites is 1. The van der Waals surface area contributed by atoms with Crippen molar-refractivity contribution in [1.29, 1.82) is 0 Å². The van der Waals surface area contributed by atoms with Crippen LogP contribution in [0.2, 0.25) is 0 Å². The summed E-state index contributed by atoms with van der Waals surface area (Å²) in [6.45, 7) is 1.52. The molecule has 0 amide bonds. The second-order valence-corrected chi connectivity index (χ2v) is 10.8. The summed E-state index contributed by atoms with van der Waals surface area (Å²) in [5.74, 6) is -1.21. The molecular weight excluding hydrogens is 675 g/mol. The highest BCUT2D eigenvalue weighted by atomic mass is 19.1. The van der Waals surface area contributed by atoms with Crippen LogP contribution < -0.4 is 34.9 Å². The van der Waals surface area contributed by atoms with E-state index in [1.165, 1.54) is 56.7 Å². The molecule has 0 unspecified atom stereocenters. The molecular formula is C35H33FN2O13. The van der Waals surface area contributed by atoms with Crippen molar-refractivity contribution in [1.82, 2.24) is 9.13 Å². The molecule has 15 nitrogen and oxygen atoms in total. The van der Waals surface area contributed by atoms with Gasteiger partial charge in [0.25, 0.3) is 11.5 Å². The fourth-order valence-corrected chi connectivity index (χ4v) is 4.98. The minimum atomic E-state index is -1.50. The molecule has 0 spiro atoms. The van der Waals surface area contributed by atoms with Gasteiger partial charge in [0.1, 0.15) is 53.8 Å². The van der Waals surface area contributed by atoms with E-state index >= 15 is 4.39 Å². The predicted molar refractivity (Wildman–Crippen MR) is 174 cm³/mol. The molecule has 268 valence electrons. The Labute approximate surface area is 289 Å². The Kier molecular flexibility index (Phi) is 11.7. The molecule has 0 saturated carbocycles. The number of ether oxygens (including phenoxy) is 8. The summed E-state index contributed by atoms with van der Waals surface area (Å²) in [4.78, 5) is 65.4. The summed E-state index contributed by atoms with van der Waals surface area (Å²) in [5.41, 5.74) is -2.90. The van der Waals surface area contributed by atoms with E-state index in [0.29, 0.717) is 28.7 Å². The first-order valence-corrected chi connectivity index (χ1v) is 15.6. The summed E-state index contributed by atoms with van der Waals surface area (Å²) in [6.07, 6.45) is -5.37. The van der Waals surface area contributed by atoms with Gasteiger partial charge in [0.15, 0.2) is 0 Å². The minimum Gasteiger partial charge on any atom is -0.497 e. The van der Waals surface area contributed by atoms with Gasteiger partial charge in [-0.15, -0.1) is 0 Å². The number of benzene rings is 3. The fourth-order valence-electron chi connectivity index (χ4n) is 4.98. The highest BCUT2D eigenvalue weighted by Gasteiger charge is 2.41. The fraction of sp³-hybridized carbons (Fsp3) is 0.286. The molecule has 4 aromatic rings. The van der Waals surface area contributed by atoms with E-state index in [-0.39, 0.29) is 40.4 Å². The zero-order valence-electron chi connectivity index (χ0n) is 27.6. The van der Waals surface area contributed by atoms with Crippen LogP contribution >= 0.6 is 0 Å². The highest BCUT2D eigenvalue weighted by Crippen LogP contribution is 2.31. The average molecular weight is 709 g/mol. The maximum atomic E-state index is 15.1. The Morgan fingerprint density at radius 1 is 0.843 bits per heavy atom. The summed E-state index contributed by atoms with van der Waals surface area (Å²) in [6, 6.07) is 18.0. The average Bonchev–Trinajstić information content (AvgIpc) is 3.53. The van der Waals surface area contributed by atoms with Crippen molar-refractivity contribution < 1.29 is 56.7 Å². The molecule has 1 aromatic heterocycles. The number of carbonyl (C=O) groups is 3. The number of rotatable bonds is 12. The number of aromatic nitrogens is 2. The molecule has 3 aromatic carbocycles. The Morgan fingerprint density at radius 2 is 1.43 bits per heavy atom. The summed E-state index contributed by atoms with van der Waals surface area (Å²) in [5, 5.41) is 0. The van der Waals surface area contributed by atoms with Crippen LogP contribution in [0.25, 0.3) is 0 Å². The Balaban J connectivity index is 1.39. The Hall–Kier alpha value is -6.16. The van der Waals surface area contributed by atoms with E-state index in [1.54, 1.807) is 30.3 Å². The van der Waals surface area contributed by atoms with Gasteiger partial charge in [-0.1, -0.05) is 19.1 Å². The van der Waals surface area contributed by atoms with Crippen molar-refractivity contribution in [2.75, 3.05) is 27.4 Å². The Morgan fingerprint density at radius 3 is 2.04 bits per heavy atom. The topological polar surface area (TPSA) is 169 Å². The molecule has 1 saturated heterocycles. The van der Waals surface area contributed by atoms with E-state index < -0.39 is 60.3 Å². The van der Waals surface area contributed by atoms with Gasteiger partial charge in [-0.05, 0) is 67.1 Å². The lowest BCUT2D eigenvalue weighted by Crippen LogP contribution is -2.46. The van der Waals surface area contributed by atoms with Crippen molar-refractivity contribution in [2.45, 2.75) is 38.2 Å². The third kappa shape index (κ3) is 8.72. The summed E-state index contributed by atoms with van der Waals surface area (Å²) >= 11 is 0. The second kappa shape index (κ2) is 16.5. The number of carbonyl (C=O) groups excluding carboxylic acids is 3. The predicted octanol–water partition coefficient (Wildman–Crippen LogP) is 4.73. The minimum absolute atomic E-state index is 0.0890. The van der Waals surface area contributed by atoms with Crippen molar-refractivity contribution >= 4 is 18.2 Å². The van der Waals surface area contributed by atoms with Crippen LogP contribution in [-0.4, -0.2) is 67.0 Å². The maximum Gasteiger partial charge on any atom is 0.514 e. The highest BCUT2D eigenvalue weighted by molar-refractivity contribution is 5.98. The van der Waals surface area contributed by atoms with Crippen molar-refractivity contribution in [3.05, 3.63) is 111 Å². The van der Waals surface area contributed by atoms with Crippen LogP contribution in [0.1, 0.15) is 36.4 Å². The van der Waals surface area contributed by atoms with E-state index in [0.717, 1.165) is 0 Å². The molecule has 1 aliphatic rings. The number of methoxy groups -OCH3 is 2. The number of hydrogen-bond donors (Lipinski definition) is 0. The van der Waals surface area contributed by atoms with Crippen LogP contribution in [0.5, 0.6) is 28.7 Å². The molecule has 0 N–H and O–H groups in total. The third-order valence-electron chi connectivity index (χ3n) is 7.48. The molecule has 0 bridgehead atoms. The lowest BCUT2D eigenvalue weighted by Gasteiger charge is -2.18. The monoisotopic (exact) mass is 708 g/mol. The van der Waals surface area contributed by atoms with Crippen LogP contribution in [0.4, 0.5) is 14.0 Å². The SMILES string of the molecule is CCCOc1ccccc1C(=O)n1c(=O)c(F)cn([C@H]2C[C@H](OC(=O)Oc3ccc(OC)cc3)[C@@H](COC(=O)Oc3ccc(OC)cc3)O2)c1=O. The van der Waals surface area contributed by atoms with Gasteiger partial charge in [-0.2, -0.15) is 8.96 Å². The van der Waals surface area contributed by atoms with Crippen LogP contribution in [-0.2, 0) is 14.2 Å². The quantitative estimate of drug-likeness (QED) is 0.146. The van der Waals surface area contributed by atoms with Gasteiger partial charge in [-0.3, -0.25) is 14.2 Å². The van der Waals surface area contributed by atoms with Gasteiger partial charge in [-0.25, -0.2) is 14.4 Å². The standard InChI is InChI=1S/C35H33FN2O13/c1-4-17-46-27-8-6-5-7-25(27)31(39)38-32(40)26(36)19-37(33(38)41)30-18-28(51-35(43)49-24-15-11-22(45-3)12-16-24)29(50-30)20-47-34(42)48-23-13-9-21(44-2)10-14-23/h5-16,19,28-30H,4,17-18,20H2,1-3H3/t28-,29+,30+/m0/s1. The molecule has 51 heavy (non-hydrogen) atoms. The van der Waals surface area contributed by atoms with E-state index in [2.05, 4.69) is 0 Å².